The van der Waals surface area contributed by atoms with Crippen molar-refractivity contribution in [2.24, 2.45) is 4.99 Å². The van der Waals surface area contributed by atoms with Crippen molar-refractivity contribution in [3.05, 3.63) is 105 Å². The van der Waals surface area contributed by atoms with Crippen LogP contribution in [-0.4, -0.2) is 36.3 Å². The number of aromatic nitrogens is 1. The molecule has 13 heteroatoms. The van der Waals surface area contributed by atoms with E-state index in [4.69, 9.17) is 18.6 Å². The Balaban J connectivity index is 1.68. The van der Waals surface area contributed by atoms with Gasteiger partial charge in [0.05, 0.1) is 53.2 Å². The number of allylic oxidation sites excluding steroid dienone is 1. The number of aryl methyl sites for hydroxylation is 1. The van der Waals surface area contributed by atoms with Gasteiger partial charge in [-0.1, -0.05) is 33.3 Å². The van der Waals surface area contributed by atoms with Gasteiger partial charge in [0.2, 0.25) is 0 Å². The number of methoxy groups -OCH3 is 2. The predicted octanol–water partition coefficient (Wildman–Crippen LogP) is 5.05. The summed E-state index contributed by atoms with van der Waals surface area (Å²) in [6.07, 6.45) is 1.55. The molecule has 0 unspecified atom stereocenters. The minimum atomic E-state index is -0.894. The Kier molecular flexibility index (Phi) is 8.38. The van der Waals surface area contributed by atoms with Crippen molar-refractivity contribution in [1.29, 1.82) is 0 Å². The molecule has 0 fully saturated rings. The number of thiazole rings is 1. The number of nitro benzene ring substituents is 1. The van der Waals surface area contributed by atoms with Gasteiger partial charge in [0.25, 0.3) is 11.2 Å². The summed E-state index contributed by atoms with van der Waals surface area (Å²) in [4.78, 5) is 43.4. The van der Waals surface area contributed by atoms with Crippen LogP contribution in [0.5, 0.6) is 11.5 Å². The molecule has 2 aromatic carbocycles. The second kappa shape index (κ2) is 12.0. The number of esters is 1. The highest BCUT2D eigenvalue weighted by Crippen LogP contribution is 2.41. The van der Waals surface area contributed by atoms with Crippen LogP contribution in [0, 0.1) is 17.0 Å². The fraction of sp³-hybridized carbons (Fsp3) is 0.233. The maximum Gasteiger partial charge on any atom is 0.338 e. The number of furan rings is 1. The number of carbonyl (C=O) groups is 1. The number of ether oxygens (including phenoxy) is 3. The molecule has 0 saturated heterocycles. The van der Waals surface area contributed by atoms with Crippen molar-refractivity contribution in [1.82, 2.24) is 4.57 Å². The van der Waals surface area contributed by atoms with Crippen molar-refractivity contribution < 1.29 is 28.3 Å². The Hall–Kier alpha value is -4.49. The second-order valence-corrected chi connectivity index (χ2v) is 11.4. The first-order valence-corrected chi connectivity index (χ1v) is 14.6. The first-order chi connectivity index (χ1) is 20.6. The van der Waals surface area contributed by atoms with Crippen molar-refractivity contribution in [3.8, 4) is 22.8 Å². The molecule has 222 valence electrons. The fourth-order valence-electron chi connectivity index (χ4n) is 4.87. The Morgan fingerprint density at radius 3 is 2.56 bits per heavy atom. The number of carbonyl (C=O) groups excluding carboxylic acids is 1. The zero-order valence-corrected chi connectivity index (χ0v) is 26.2. The van der Waals surface area contributed by atoms with Gasteiger partial charge in [-0.3, -0.25) is 19.5 Å². The lowest BCUT2D eigenvalue weighted by atomic mass is 9.95. The minimum absolute atomic E-state index is 0.0808. The molecule has 43 heavy (non-hydrogen) atoms. The zero-order valence-electron chi connectivity index (χ0n) is 23.8. The van der Waals surface area contributed by atoms with Crippen LogP contribution in [0.2, 0.25) is 0 Å². The average molecular weight is 669 g/mol. The summed E-state index contributed by atoms with van der Waals surface area (Å²) < 4.78 is 24.6. The van der Waals surface area contributed by atoms with E-state index in [9.17, 15) is 19.7 Å². The highest BCUT2D eigenvalue weighted by molar-refractivity contribution is 9.10. The summed E-state index contributed by atoms with van der Waals surface area (Å²) in [5.41, 5.74) is 1.76. The van der Waals surface area contributed by atoms with Gasteiger partial charge in [-0.15, -0.1) is 0 Å². The van der Waals surface area contributed by atoms with Gasteiger partial charge in [-0.05, 0) is 62.2 Å². The van der Waals surface area contributed by atoms with Gasteiger partial charge in [0.1, 0.15) is 11.5 Å². The van der Waals surface area contributed by atoms with Crippen LogP contribution in [0.4, 0.5) is 5.69 Å². The normalized spacial score (nSPS) is 14.7. The first-order valence-electron chi connectivity index (χ1n) is 13.0. The summed E-state index contributed by atoms with van der Waals surface area (Å²) in [5.74, 6) is 0.888. The SMILES string of the molecule is CCOC(=O)C1=C(C)N=c2s/c(=C\c3ccc(-c4ccc(C)cc4[N+](=O)[O-])o3)c(=O)n2[C@H]1c1cc(OC)c(OC)cc1Br. The molecule has 0 aliphatic carbocycles. The zero-order chi connectivity index (χ0) is 31.0. The van der Waals surface area contributed by atoms with Gasteiger partial charge >= 0.3 is 5.97 Å². The van der Waals surface area contributed by atoms with E-state index in [0.29, 0.717) is 49.1 Å². The molecule has 1 aliphatic heterocycles. The highest BCUT2D eigenvalue weighted by Gasteiger charge is 2.35. The molecule has 5 rings (SSSR count). The summed E-state index contributed by atoms with van der Waals surface area (Å²) in [5, 5.41) is 11.6. The monoisotopic (exact) mass is 667 g/mol. The van der Waals surface area contributed by atoms with Crippen LogP contribution in [0.3, 0.4) is 0 Å². The van der Waals surface area contributed by atoms with Gasteiger partial charge in [-0.2, -0.15) is 0 Å². The van der Waals surface area contributed by atoms with Crippen molar-refractivity contribution in [2.45, 2.75) is 26.8 Å². The predicted molar refractivity (Wildman–Crippen MR) is 163 cm³/mol. The molecule has 0 saturated carbocycles. The van der Waals surface area contributed by atoms with E-state index >= 15 is 0 Å². The van der Waals surface area contributed by atoms with Crippen molar-refractivity contribution in [3.63, 3.8) is 0 Å². The van der Waals surface area contributed by atoms with Crippen molar-refractivity contribution in [2.75, 3.05) is 20.8 Å². The van der Waals surface area contributed by atoms with E-state index in [1.165, 1.54) is 24.9 Å². The van der Waals surface area contributed by atoms with Gasteiger partial charge < -0.3 is 18.6 Å². The third-order valence-corrected chi connectivity index (χ3v) is 8.50. The molecule has 0 bridgehead atoms. The maximum atomic E-state index is 14.0. The van der Waals surface area contributed by atoms with Crippen LogP contribution >= 0.6 is 27.3 Å². The lowest BCUT2D eigenvalue weighted by Gasteiger charge is -2.26. The number of halogens is 1. The lowest BCUT2D eigenvalue weighted by molar-refractivity contribution is -0.384. The van der Waals surface area contributed by atoms with E-state index in [2.05, 4.69) is 20.9 Å². The molecule has 11 nitrogen and oxygen atoms in total. The maximum absolute atomic E-state index is 14.0. The van der Waals surface area contributed by atoms with E-state index in [1.54, 1.807) is 63.2 Å². The molecular weight excluding hydrogens is 642 g/mol. The van der Waals surface area contributed by atoms with E-state index in [0.717, 1.165) is 16.9 Å². The molecular formula is C30H26BrN3O8S. The molecule has 0 amide bonds. The topological polar surface area (TPSA) is 135 Å². The molecule has 0 spiro atoms. The lowest BCUT2D eigenvalue weighted by Crippen LogP contribution is -2.40. The Labute approximate surface area is 257 Å². The number of nitrogens with zero attached hydrogens (tertiary/aromatic N) is 3. The molecule has 1 atom stereocenters. The number of nitro groups is 1. The number of benzene rings is 2. The van der Waals surface area contributed by atoms with Gasteiger partial charge in [0.15, 0.2) is 16.3 Å². The van der Waals surface area contributed by atoms with Crippen LogP contribution in [0.25, 0.3) is 17.4 Å². The highest BCUT2D eigenvalue weighted by atomic mass is 79.9. The minimum Gasteiger partial charge on any atom is -0.493 e. The fourth-order valence-corrected chi connectivity index (χ4v) is 6.44. The summed E-state index contributed by atoms with van der Waals surface area (Å²) >= 11 is 4.71. The van der Waals surface area contributed by atoms with Crippen LogP contribution in [-0.2, 0) is 9.53 Å². The van der Waals surface area contributed by atoms with Crippen LogP contribution in [0.1, 0.15) is 36.8 Å². The molecule has 4 aromatic rings. The largest absolute Gasteiger partial charge is 0.493 e. The van der Waals surface area contributed by atoms with E-state index in [-0.39, 0.29) is 22.4 Å². The standard InChI is InChI=1S/C30H26BrN3O8S/c1-6-41-29(36)26-16(3)32-30-33(27(26)19-13-23(39-4)24(40-5)14-20(19)31)28(35)25(43-30)12-17-8-10-22(42-17)18-9-7-15(2)11-21(18)34(37)38/h7-14,27H,6H2,1-5H3/b25-12-/t27-/m0/s1. The Morgan fingerprint density at radius 2 is 1.88 bits per heavy atom. The Morgan fingerprint density at radius 1 is 1.16 bits per heavy atom. The number of fused-ring (bicyclic) bond motifs is 1. The van der Waals surface area contributed by atoms with Gasteiger partial charge in [-0.25, -0.2) is 9.79 Å². The van der Waals surface area contributed by atoms with Crippen LogP contribution < -0.4 is 24.4 Å². The third kappa shape index (κ3) is 5.53. The molecule has 0 N–H and O–H groups in total. The molecule has 1 aliphatic rings. The summed E-state index contributed by atoms with van der Waals surface area (Å²) in [6.45, 7) is 5.30. The van der Waals surface area contributed by atoms with Crippen LogP contribution in [0.15, 0.2) is 72.4 Å². The average Bonchev–Trinajstić information content (AvgIpc) is 3.56. The molecule has 2 aromatic heterocycles. The number of rotatable bonds is 8. The van der Waals surface area contributed by atoms with Crippen molar-refractivity contribution >= 4 is 45.0 Å². The smallest absolute Gasteiger partial charge is 0.338 e. The second-order valence-electron chi connectivity index (χ2n) is 9.51. The van der Waals surface area contributed by atoms with E-state index in [1.807, 2.05) is 0 Å². The summed E-state index contributed by atoms with van der Waals surface area (Å²) in [6, 6.07) is 10.6. The molecule has 0 radical (unpaired) electrons. The number of hydrogen-bond acceptors (Lipinski definition) is 10. The molecule has 3 heterocycles. The number of hydrogen-bond donors (Lipinski definition) is 0. The quantitative estimate of drug-likeness (QED) is 0.145. The van der Waals surface area contributed by atoms with E-state index < -0.39 is 22.5 Å². The first kappa shape index (κ1) is 30.0. The summed E-state index contributed by atoms with van der Waals surface area (Å²) in [7, 11) is 3.01. The Bertz CT molecular complexity index is 1990. The third-order valence-electron chi connectivity index (χ3n) is 6.83. The van der Waals surface area contributed by atoms with Gasteiger partial charge in [0, 0.05) is 16.6 Å².